The van der Waals surface area contributed by atoms with Crippen LogP contribution in [0.4, 0.5) is 17.5 Å². The maximum absolute atomic E-state index is 12.3. The first-order valence-corrected chi connectivity index (χ1v) is 9.79. The number of fused-ring (bicyclic) bond motifs is 1. The van der Waals surface area contributed by atoms with E-state index in [0.717, 1.165) is 18.5 Å². The number of benzene rings is 1. The van der Waals surface area contributed by atoms with Gasteiger partial charge in [-0.15, -0.1) is 0 Å². The summed E-state index contributed by atoms with van der Waals surface area (Å²) in [6.45, 7) is 2.32. The second-order valence-corrected chi connectivity index (χ2v) is 6.94. The quantitative estimate of drug-likeness (QED) is 0.338. The number of nitrogens with two attached hydrogens (primary N) is 2. The van der Waals surface area contributed by atoms with Crippen LogP contribution in [0.25, 0.3) is 11.2 Å². The van der Waals surface area contributed by atoms with Crippen LogP contribution in [0.3, 0.4) is 0 Å². The molecule has 0 aliphatic rings. The number of amides is 1. The molecule has 2 heterocycles. The van der Waals surface area contributed by atoms with Gasteiger partial charge in [0.2, 0.25) is 5.95 Å². The van der Waals surface area contributed by atoms with Gasteiger partial charge in [0.15, 0.2) is 17.0 Å². The molecule has 0 bridgehead atoms. The second kappa shape index (κ2) is 9.65. The van der Waals surface area contributed by atoms with E-state index in [2.05, 4.69) is 30.6 Å². The number of carboxylic acid groups (broad SMARTS) is 1. The van der Waals surface area contributed by atoms with Gasteiger partial charge in [0.05, 0.1) is 18.4 Å². The Bertz CT molecular complexity index is 1090. The molecule has 11 heteroatoms. The minimum Gasteiger partial charge on any atom is -0.480 e. The number of carbonyl (C=O) groups is 2. The van der Waals surface area contributed by atoms with Crippen molar-refractivity contribution in [1.82, 2.24) is 25.3 Å². The van der Waals surface area contributed by atoms with Gasteiger partial charge in [-0.2, -0.15) is 9.97 Å². The van der Waals surface area contributed by atoms with Crippen LogP contribution in [0.15, 0.2) is 30.5 Å². The topological polar surface area (TPSA) is 182 Å². The predicted molar refractivity (Wildman–Crippen MR) is 116 cm³/mol. The maximum atomic E-state index is 12.3. The summed E-state index contributed by atoms with van der Waals surface area (Å²) in [4.78, 5) is 40.1. The first-order chi connectivity index (χ1) is 14.9. The molecule has 0 saturated carbocycles. The van der Waals surface area contributed by atoms with E-state index in [1.165, 1.54) is 0 Å². The molecule has 31 heavy (non-hydrogen) atoms. The van der Waals surface area contributed by atoms with Crippen LogP contribution >= 0.6 is 0 Å². The lowest BCUT2D eigenvalue weighted by molar-refractivity contribution is -0.139. The van der Waals surface area contributed by atoms with Crippen molar-refractivity contribution in [3.05, 3.63) is 41.7 Å². The third-order valence-electron chi connectivity index (χ3n) is 4.57. The van der Waals surface area contributed by atoms with E-state index in [9.17, 15) is 14.7 Å². The number of nitrogen functional groups attached to an aromatic ring is 2. The Morgan fingerprint density at radius 2 is 1.87 bits per heavy atom. The van der Waals surface area contributed by atoms with E-state index < -0.39 is 17.9 Å². The van der Waals surface area contributed by atoms with E-state index in [1.807, 2.05) is 6.92 Å². The van der Waals surface area contributed by atoms with Crippen molar-refractivity contribution >= 4 is 40.5 Å². The first-order valence-electron chi connectivity index (χ1n) is 9.79. The summed E-state index contributed by atoms with van der Waals surface area (Å²) in [7, 11) is 0. The number of aliphatic carboxylic acids is 1. The van der Waals surface area contributed by atoms with E-state index in [0.29, 0.717) is 35.4 Å². The van der Waals surface area contributed by atoms with Gasteiger partial charge >= 0.3 is 5.97 Å². The third kappa shape index (κ3) is 5.53. The number of aromatic nitrogens is 4. The molecule has 162 valence electrons. The van der Waals surface area contributed by atoms with Crippen LogP contribution in [-0.4, -0.2) is 43.0 Å². The molecule has 0 saturated heterocycles. The number of carboxylic acids is 1. The SMILES string of the molecule is CCCCC(NC(=O)c1ccc(NCc2cnc3nc(N)nc(N)c3n2)cc1)C(=O)O. The van der Waals surface area contributed by atoms with Gasteiger partial charge in [-0.3, -0.25) is 4.79 Å². The van der Waals surface area contributed by atoms with Crippen molar-refractivity contribution in [2.75, 3.05) is 16.8 Å². The number of hydrogen-bond acceptors (Lipinski definition) is 9. The van der Waals surface area contributed by atoms with E-state index in [4.69, 9.17) is 11.5 Å². The van der Waals surface area contributed by atoms with Gasteiger partial charge in [0, 0.05) is 11.3 Å². The molecule has 0 aliphatic heterocycles. The largest absolute Gasteiger partial charge is 0.480 e. The van der Waals surface area contributed by atoms with E-state index >= 15 is 0 Å². The average Bonchev–Trinajstić information content (AvgIpc) is 2.75. The van der Waals surface area contributed by atoms with Gasteiger partial charge in [0.25, 0.3) is 5.91 Å². The molecule has 1 amide bonds. The van der Waals surface area contributed by atoms with E-state index in [1.54, 1.807) is 30.5 Å². The normalized spacial score (nSPS) is 11.8. The molecular weight excluding hydrogens is 400 g/mol. The first kappa shape index (κ1) is 21.7. The predicted octanol–water partition coefficient (Wildman–Crippen LogP) is 1.57. The van der Waals surface area contributed by atoms with Crippen LogP contribution < -0.4 is 22.1 Å². The lowest BCUT2D eigenvalue weighted by Gasteiger charge is -2.14. The van der Waals surface area contributed by atoms with Crippen LogP contribution in [-0.2, 0) is 11.3 Å². The summed E-state index contributed by atoms with van der Waals surface area (Å²) in [5.74, 6) is -1.27. The minimum absolute atomic E-state index is 0.0364. The fraction of sp³-hybridized carbons (Fsp3) is 0.300. The van der Waals surface area contributed by atoms with Crippen molar-refractivity contribution in [2.24, 2.45) is 0 Å². The zero-order valence-electron chi connectivity index (χ0n) is 17.0. The fourth-order valence-electron chi connectivity index (χ4n) is 2.91. The summed E-state index contributed by atoms with van der Waals surface area (Å²) in [6, 6.07) is 5.80. The highest BCUT2D eigenvalue weighted by atomic mass is 16.4. The number of anilines is 3. The molecule has 3 aromatic rings. The Hall–Kier alpha value is -4.02. The molecule has 1 unspecified atom stereocenters. The van der Waals surface area contributed by atoms with Crippen molar-refractivity contribution < 1.29 is 14.7 Å². The molecule has 0 fully saturated rings. The number of hydrogen-bond donors (Lipinski definition) is 5. The smallest absolute Gasteiger partial charge is 0.326 e. The molecule has 2 aromatic heterocycles. The van der Waals surface area contributed by atoms with Crippen molar-refractivity contribution in [2.45, 2.75) is 38.8 Å². The van der Waals surface area contributed by atoms with Crippen LogP contribution in [0.2, 0.25) is 0 Å². The third-order valence-corrected chi connectivity index (χ3v) is 4.57. The Morgan fingerprint density at radius 3 is 2.55 bits per heavy atom. The maximum Gasteiger partial charge on any atom is 0.326 e. The van der Waals surface area contributed by atoms with Crippen LogP contribution in [0, 0.1) is 0 Å². The number of nitrogens with one attached hydrogen (secondary N) is 2. The monoisotopic (exact) mass is 424 g/mol. The molecule has 11 nitrogen and oxygen atoms in total. The van der Waals surface area contributed by atoms with Gasteiger partial charge < -0.3 is 27.2 Å². The molecule has 7 N–H and O–H groups in total. The molecule has 0 radical (unpaired) electrons. The minimum atomic E-state index is -1.04. The van der Waals surface area contributed by atoms with E-state index in [-0.39, 0.29) is 11.8 Å². The molecule has 3 rings (SSSR count). The highest BCUT2D eigenvalue weighted by molar-refractivity contribution is 5.96. The van der Waals surface area contributed by atoms with Crippen molar-refractivity contribution in [3.8, 4) is 0 Å². The van der Waals surface area contributed by atoms with Crippen LogP contribution in [0.5, 0.6) is 0 Å². The Labute approximate surface area is 178 Å². The molecule has 1 aromatic carbocycles. The molecular formula is C20H24N8O3. The van der Waals surface area contributed by atoms with Gasteiger partial charge in [0.1, 0.15) is 6.04 Å². The highest BCUT2D eigenvalue weighted by Crippen LogP contribution is 2.16. The van der Waals surface area contributed by atoms with Gasteiger partial charge in [-0.05, 0) is 30.7 Å². The summed E-state index contributed by atoms with van der Waals surface area (Å²) < 4.78 is 0. The zero-order valence-corrected chi connectivity index (χ0v) is 17.0. The fourth-order valence-corrected chi connectivity index (χ4v) is 2.91. The number of carbonyl (C=O) groups excluding carboxylic acids is 1. The van der Waals surface area contributed by atoms with Crippen molar-refractivity contribution in [3.63, 3.8) is 0 Å². The lowest BCUT2D eigenvalue weighted by atomic mass is 10.1. The average molecular weight is 424 g/mol. The molecule has 1 atom stereocenters. The number of unbranched alkanes of at least 4 members (excludes halogenated alkanes) is 1. The lowest BCUT2D eigenvalue weighted by Crippen LogP contribution is -2.40. The van der Waals surface area contributed by atoms with Crippen molar-refractivity contribution in [1.29, 1.82) is 0 Å². The number of nitrogens with zero attached hydrogens (tertiary/aromatic N) is 4. The Balaban J connectivity index is 1.62. The zero-order chi connectivity index (χ0) is 22.4. The highest BCUT2D eigenvalue weighted by Gasteiger charge is 2.19. The Kier molecular flexibility index (Phi) is 6.75. The summed E-state index contributed by atoms with van der Waals surface area (Å²) in [6.07, 6.45) is 3.54. The summed E-state index contributed by atoms with van der Waals surface area (Å²) >= 11 is 0. The van der Waals surface area contributed by atoms with Crippen LogP contribution in [0.1, 0.15) is 42.2 Å². The Morgan fingerprint density at radius 1 is 1.13 bits per heavy atom. The number of rotatable bonds is 9. The molecule has 0 spiro atoms. The standard InChI is InChI=1S/C20H24N8O3/c1-2-3-4-14(19(30)31)26-18(29)11-5-7-12(8-6-11)23-9-13-10-24-17-15(25-13)16(21)27-20(22)28-17/h5-8,10,14,23H,2-4,9H2,1H3,(H,26,29)(H,30,31)(H4,21,22,24,27,28). The van der Waals surface area contributed by atoms with Gasteiger partial charge in [-0.25, -0.2) is 14.8 Å². The molecule has 0 aliphatic carbocycles. The second-order valence-electron chi connectivity index (χ2n) is 6.94. The summed E-state index contributed by atoms with van der Waals surface area (Å²) in [5, 5.41) is 15.0. The summed E-state index contributed by atoms with van der Waals surface area (Å²) in [5.41, 5.74) is 13.8. The van der Waals surface area contributed by atoms with Gasteiger partial charge in [-0.1, -0.05) is 19.8 Å².